The number of aromatic amines is 1. The van der Waals surface area contributed by atoms with Gasteiger partial charge in [0, 0.05) is 12.8 Å². The number of carbonyl (C=O) groups excluding carboxylic acids is 1. The molecule has 0 saturated carbocycles. The summed E-state index contributed by atoms with van der Waals surface area (Å²) >= 11 is 5.22. The minimum Gasteiger partial charge on any atom is -0.319 e. The van der Waals surface area contributed by atoms with E-state index in [0.29, 0.717) is 16.7 Å². The molecule has 2 aromatic rings. The summed E-state index contributed by atoms with van der Waals surface area (Å²) in [6, 6.07) is 7.24. The quantitative estimate of drug-likeness (QED) is 0.824. The second kappa shape index (κ2) is 4.45. The highest BCUT2D eigenvalue weighted by Crippen LogP contribution is 2.07. The van der Waals surface area contributed by atoms with Crippen molar-refractivity contribution in [1.82, 2.24) is 9.97 Å². The molecule has 0 aliphatic rings. The van der Waals surface area contributed by atoms with Gasteiger partial charge in [-0.15, -0.1) is 0 Å². The van der Waals surface area contributed by atoms with Gasteiger partial charge in [-0.25, -0.2) is 4.98 Å². The Morgan fingerprint density at radius 2 is 2.12 bits per heavy atom. The first-order valence-electron chi connectivity index (χ1n) is 4.83. The zero-order valence-electron chi connectivity index (χ0n) is 8.37. The molecule has 82 valence electrons. The molecule has 1 heterocycles. The van der Waals surface area contributed by atoms with Gasteiger partial charge in [0.2, 0.25) is 5.24 Å². The lowest BCUT2D eigenvalue weighted by Crippen LogP contribution is -2.15. The highest BCUT2D eigenvalue weighted by Gasteiger charge is 2.06. The van der Waals surface area contributed by atoms with E-state index in [1.165, 1.54) is 0 Å². The number of nitrogens with zero attached hydrogens (tertiary/aromatic N) is 1. The Hall–Kier alpha value is -1.68. The zero-order valence-corrected chi connectivity index (χ0v) is 9.12. The molecule has 0 amide bonds. The Labute approximate surface area is 96.3 Å². The molecule has 0 bridgehead atoms. The van der Waals surface area contributed by atoms with Crippen molar-refractivity contribution in [2.24, 2.45) is 0 Å². The topological polar surface area (TPSA) is 62.8 Å². The first-order chi connectivity index (χ1) is 7.66. The lowest BCUT2D eigenvalue weighted by atomic mass is 10.2. The van der Waals surface area contributed by atoms with Crippen molar-refractivity contribution >= 4 is 27.9 Å². The molecule has 16 heavy (non-hydrogen) atoms. The number of carbonyl (C=O) groups is 1. The molecule has 0 unspecified atom stereocenters. The van der Waals surface area contributed by atoms with Gasteiger partial charge in [0.15, 0.2) is 0 Å². The molecule has 0 fully saturated rings. The molecule has 0 radical (unpaired) electrons. The van der Waals surface area contributed by atoms with Crippen LogP contribution in [0.15, 0.2) is 29.1 Å². The Kier molecular flexibility index (Phi) is 3.01. The van der Waals surface area contributed by atoms with Gasteiger partial charge in [-0.05, 0) is 23.7 Å². The number of para-hydroxylation sites is 2. The molecule has 0 aliphatic heterocycles. The number of aromatic nitrogens is 2. The lowest BCUT2D eigenvalue weighted by Gasteiger charge is -2.00. The largest absolute Gasteiger partial charge is 0.319 e. The summed E-state index contributed by atoms with van der Waals surface area (Å²) in [4.78, 5) is 29.1. The third kappa shape index (κ3) is 2.28. The number of nitrogens with one attached hydrogen (secondary N) is 1. The van der Waals surface area contributed by atoms with Gasteiger partial charge in [0.25, 0.3) is 5.56 Å². The fourth-order valence-electron chi connectivity index (χ4n) is 1.45. The Morgan fingerprint density at radius 1 is 1.38 bits per heavy atom. The van der Waals surface area contributed by atoms with E-state index in [2.05, 4.69) is 9.97 Å². The van der Waals surface area contributed by atoms with E-state index in [0.717, 1.165) is 0 Å². The van der Waals surface area contributed by atoms with E-state index in [9.17, 15) is 9.59 Å². The zero-order chi connectivity index (χ0) is 11.5. The summed E-state index contributed by atoms with van der Waals surface area (Å²) in [6.45, 7) is 0. The van der Waals surface area contributed by atoms with Gasteiger partial charge in [-0.2, -0.15) is 0 Å². The molecule has 1 N–H and O–H groups in total. The summed E-state index contributed by atoms with van der Waals surface area (Å²) in [6.07, 6.45) is 0.387. The van der Waals surface area contributed by atoms with E-state index >= 15 is 0 Å². The molecule has 0 atom stereocenters. The van der Waals surface area contributed by atoms with Crippen molar-refractivity contribution < 1.29 is 4.79 Å². The van der Waals surface area contributed by atoms with Gasteiger partial charge in [-0.1, -0.05) is 12.1 Å². The fraction of sp³-hybridized carbons (Fsp3) is 0.182. The summed E-state index contributed by atoms with van der Waals surface area (Å²) in [5.41, 5.74) is 1.47. The van der Waals surface area contributed by atoms with Gasteiger partial charge >= 0.3 is 0 Å². The van der Waals surface area contributed by atoms with Crippen molar-refractivity contribution in [1.29, 1.82) is 0 Å². The number of benzene rings is 1. The summed E-state index contributed by atoms with van der Waals surface area (Å²) in [5, 5.41) is -0.464. The highest BCUT2D eigenvalue weighted by atomic mass is 35.5. The number of fused-ring (bicyclic) bond motifs is 1. The molecule has 1 aromatic carbocycles. The summed E-state index contributed by atoms with van der Waals surface area (Å²) in [5.74, 6) is 0. The van der Waals surface area contributed by atoms with Gasteiger partial charge in [-0.3, -0.25) is 9.59 Å². The fourth-order valence-corrected chi connectivity index (χ4v) is 1.55. The summed E-state index contributed by atoms with van der Waals surface area (Å²) in [7, 11) is 0. The first kappa shape index (κ1) is 10.8. The lowest BCUT2D eigenvalue weighted by molar-refractivity contribution is -0.111. The molecule has 5 heteroatoms. The van der Waals surface area contributed by atoms with Crippen LogP contribution < -0.4 is 5.56 Å². The van der Waals surface area contributed by atoms with E-state index < -0.39 is 5.24 Å². The van der Waals surface area contributed by atoms with E-state index in [-0.39, 0.29) is 18.4 Å². The molecule has 0 saturated heterocycles. The average Bonchev–Trinajstić information content (AvgIpc) is 2.26. The van der Waals surface area contributed by atoms with Crippen LogP contribution in [0.4, 0.5) is 0 Å². The maximum absolute atomic E-state index is 11.6. The molecule has 4 nitrogen and oxygen atoms in total. The third-order valence-electron chi connectivity index (χ3n) is 2.23. The number of aryl methyl sites for hydroxylation is 1. The maximum Gasteiger partial charge on any atom is 0.270 e. The van der Waals surface area contributed by atoms with Crippen LogP contribution in [-0.2, 0) is 11.2 Å². The van der Waals surface area contributed by atoms with Crippen LogP contribution in [-0.4, -0.2) is 15.2 Å². The predicted molar refractivity (Wildman–Crippen MR) is 61.5 cm³/mol. The van der Waals surface area contributed by atoms with Crippen LogP contribution in [0.5, 0.6) is 0 Å². The molecule has 2 rings (SSSR count). The van der Waals surface area contributed by atoms with E-state index in [1.807, 2.05) is 12.1 Å². The van der Waals surface area contributed by atoms with Gasteiger partial charge < -0.3 is 4.98 Å². The van der Waals surface area contributed by atoms with Crippen LogP contribution in [0, 0.1) is 0 Å². The van der Waals surface area contributed by atoms with Crippen molar-refractivity contribution in [3.05, 3.63) is 40.3 Å². The van der Waals surface area contributed by atoms with Crippen molar-refractivity contribution in [3.8, 4) is 0 Å². The molecule has 0 spiro atoms. The number of halogens is 1. The smallest absolute Gasteiger partial charge is 0.270 e. The maximum atomic E-state index is 11.6. The normalized spacial score (nSPS) is 10.6. The summed E-state index contributed by atoms with van der Waals surface area (Å²) < 4.78 is 0. The van der Waals surface area contributed by atoms with Crippen molar-refractivity contribution in [2.45, 2.75) is 12.8 Å². The number of hydrogen-bond donors (Lipinski definition) is 1. The van der Waals surface area contributed by atoms with Crippen molar-refractivity contribution in [3.63, 3.8) is 0 Å². The van der Waals surface area contributed by atoms with Gasteiger partial charge in [0.05, 0.1) is 11.0 Å². The first-order valence-corrected chi connectivity index (χ1v) is 5.21. The second-order valence-corrected chi connectivity index (χ2v) is 3.81. The average molecular weight is 237 g/mol. The number of hydrogen-bond acceptors (Lipinski definition) is 3. The minimum atomic E-state index is -0.464. The second-order valence-electron chi connectivity index (χ2n) is 3.38. The standard InChI is InChI=1S/C11H9ClN2O2/c12-10(15)6-5-9-11(16)14-8-4-2-1-3-7(8)13-9/h1-4H,5-6H2,(H,14,16). The Morgan fingerprint density at radius 3 is 2.88 bits per heavy atom. The monoisotopic (exact) mass is 236 g/mol. The van der Waals surface area contributed by atoms with Crippen molar-refractivity contribution in [2.75, 3.05) is 0 Å². The van der Waals surface area contributed by atoms with Crippen LogP contribution >= 0.6 is 11.6 Å². The highest BCUT2D eigenvalue weighted by molar-refractivity contribution is 6.63. The Balaban J connectivity index is 2.42. The van der Waals surface area contributed by atoms with Gasteiger partial charge in [0.1, 0.15) is 5.69 Å². The van der Waals surface area contributed by atoms with E-state index in [1.54, 1.807) is 12.1 Å². The van der Waals surface area contributed by atoms with E-state index in [4.69, 9.17) is 11.6 Å². The predicted octanol–water partition coefficient (Wildman–Crippen LogP) is 1.62. The van der Waals surface area contributed by atoms with Crippen LogP contribution in [0.25, 0.3) is 11.0 Å². The molecular formula is C11H9ClN2O2. The third-order valence-corrected chi connectivity index (χ3v) is 2.42. The molecular weight excluding hydrogens is 228 g/mol. The van der Waals surface area contributed by atoms with Crippen LogP contribution in [0.1, 0.15) is 12.1 Å². The Bertz CT molecular complexity index is 592. The number of rotatable bonds is 3. The molecule has 0 aliphatic carbocycles. The molecule has 1 aromatic heterocycles. The SMILES string of the molecule is O=C(Cl)CCc1nc2ccccc2[nH]c1=O. The minimum absolute atomic E-state index is 0.121. The van der Waals surface area contributed by atoms with Crippen LogP contribution in [0.3, 0.4) is 0 Å². The number of H-pyrrole nitrogens is 1. The van der Waals surface area contributed by atoms with Crippen LogP contribution in [0.2, 0.25) is 0 Å².